The van der Waals surface area contributed by atoms with Crippen LogP contribution in [0, 0.1) is 0 Å². The molecule has 0 saturated carbocycles. The molecule has 9 heteroatoms. The van der Waals surface area contributed by atoms with Gasteiger partial charge in [-0.05, 0) is 19.8 Å². The van der Waals surface area contributed by atoms with E-state index in [2.05, 4.69) is 4.72 Å². The highest BCUT2D eigenvalue weighted by atomic mass is 32.2. The minimum absolute atomic E-state index is 0.264. The average Bonchev–Trinajstić information content (AvgIpc) is 2.37. The van der Waals surface area contributed by atoms with Crippen LogP contribution in [0.3, 0.4) is 0 Å². The van der Waals surface area contributed by atoms with E-state index < -0.39 is 28.2 Å². The molecule has 1 rings (SSSR count). The summed E-state index contributed by atoms with van der Waals surface area (Å²) in [6.07, 6.45) is 0.174. The van der Waals surface area contributed by atoms with Crippen LogP contribution in [0.15, 0.2) is 0 Å². The van der Waals surface area contributed by atoms with E-state index in [1.54, 1.807) is 6.92 Å². The summed E-state index contributed by atoms with van der Waals surface area (Å²) >= 11 is 0. The number of aliphatic carboxylic acids is 1. The van der Waals surface area contributed by atoms with E-state index in [1.807, 2.05) is 0 Å². The third kappa shape index (κ3) is 5.74. The summed E-state index contributed by atoms with van der Waals surface area (Å²) in [4.78, 5) is 23.4. The monoisotopic (exact) mass is 308 g/mol. The van der Waals surface area contributed by atoms with Crippen molar-refractivity contribution in [1.82, 2.24) is 9.62 Å². The number of sulfonamides is 1. The van der Waals surface area contributed by atoms with Crippen LogP contribution in [0.2, 0.25) is 0 Å². The highest BCUT2D eigenvalue weighted by Crippen LogP contribution is 2.12. The second-order valence-electron chi connectivity index (χ2n) is 4.54. The molecule has 0 atom stereocenters. The zero-order chi connectivity index (χ0) is 15.2. The molecule has 0 aliphatic carbocycles. The van der Waals surface area contributed by atoms with Gasteiger partial charge < -0.3 is 14.7 Å². The molecule has 1 aliphatic rings. The van der Waals surface area contributed by atoms with E-state index in [0.717, 1.165) is 0 Å². The van der Waals surface area contributed by atoms with Crippen LogP contribution in [0.5, 0.6) is 0 Å². The van der Waals surface area contributed by atoms with E-state index >= 15 is 0 Å². The zero-order valence-corrected chi connectivity index (χ0v) is 12.2. The number of rotatable bonds is 6. The number of carboxylic acids is 1. The molecule has 8 nitrogen and oxygen atoms in total. The van der Waals surface area contributed by atoms with E-state index in [9.17, 15) is 18.0 Å². The number of ether oxygens (including phenoxy) is 1. The maximum absolute atomic E-state index is 11.6. The Hall–Kier alpha value is -1.35. The van der Waals surface area contributed by atoms with Gasteiger partial charge in [0.05, 0.1) is 18.8 Å². The molecule has 0 spiro atoms. The highest BCUT2D eigenvalue weighted by Gasteiger charge is 2.26. The number of hydrogen-bond acceptors (Lipinski definition) is 5. The summed E-state index contributed by atoms with van der Waals surface area (Å²) in [5.41, 5.74) is 0. The quantitative estimate of drug-likeness (QED) is 0.714. The smallest absolute Gasteiger partial charge is 0.409 e. The Morgan fingerprint density at radius 1 is 1.35 bits per heavy atom. The number of carbonyl (C=O) groups excluding carboxylic acids is 1. The van der Waals surface area contributed by atoms with Gasteiger partial charge >= 0.3 is 12.1 Å². The van der Waals surface area contributed by atoms with Gasteiger partial charge in [-0.3, -0.25) is 4.79 Å². The maximum Gasteiger partial charge on any atom is 0.409 e. The van der Waals surface area contributed by atoms with Crippen molar-refractivity contribution in [2.75, 3.05) is 25.4 Å². The van der Waals surface area contributed by atoms with Crippen molar-refractivity contribution in [3.05, 3.63) is 0 Å². The van der Waals surface area contributed by atoms with Crippen molar-refractivity contribution in [3.63, 3.8) is 0 Å². The maximum atomic E-state index is 11.6. The predicted molar refractivity (Wildman–Crippen MR) is 70.8 cm³/mol. The summed E-state index contributed by atoms with van der Waals surface area (Å²) < 4.78 is 30.6. The summed E-state index contributed by atoms with van der Waals surface area (Å²) in [5, 5.41) is 8.48. The number of carbonyl (C=O) groups is 2. The van der Waals surface area contributed by atoms with Gasteiger partial charge in [-0.15, -0.1) is 0 Å². The van der Waals surface area contributed by atoms with Gasteiger partial charge in [0.1, 0.15) is 0 Å². The molecule has 0 bridgehead atoms. The second kappa shape index (κ2) is 7.44. The first kappa shape index (κ1) is 16.7. The van der Waals surface area contributed by atoms with Gasteiger partial charge in [-0.2, -0.15) is 0 Å². The number of piperidine rings is 1. The molecule has 0 aromatic rings. The summed E-state index contributed by atoms with van der Waals surface area (Å²) in [7, 11) is -3.59. The lowest BCUT2D eigenvalue weighted by Crippen LogP contribution is -2.47. The number of nitrogens with zero attached hydrogens (tertiary/aromatic N) is 1. The van der Waals surface area contributed by atoms with Gasteiger partial charge in [0.2, 0.25) is 10.0 Å². The molecule has 2 N–H and O–H groups in total. The van der Waals surface area contributed by atoms with Crippen molar-refractivity contribution in [3.8, 4) is 0 Å². The first-order valence-electron chi connectivity index (χ1n) is 6.47. The summed E-state index contributed by atoms with van der Waals surface area (Å²) in [6, 6.07) is -0.264. The predicted octanol–water partition coefficient (Wildman–Crippen LogP) is 0.00140. The molecule has 1 saturated heterocycles. The standard InChI is InChI=1S/C11H20N2O6S/c1-2-19-11(16)13-6-3-9(4-7-13)12-20(17,18)8-5-10(14)15/h9,12H,2-8H2,1H3,(H,14,15). The van der Waals surface area contributed by atoms with Crippen molar-refractivity contribution in [2.24, 2.45) is 0 Å². The normalized spacial score (nSPS) is 16.9. The van der Waals surface area contributed by atoms with Crippen molar-refractivity contribution in [1.29, 1.82) is 0 Å². The van der Waals surface area contributed by atoms with E-state index in [-0.39, 0.29) is 12.1 Å². The van der Waals surface area contributed by atoms with Crippen LogP contribution >= 0.6 is 0 Å². The lowest BCUT2D eigenvalue weighted by Gasteiger charge is -2.31. The second-order valence-corrected chi connectivity index (χ2v) is 6.41. The van der Waals surface area contributed by atoms with E-state index in [4.69, 9.17) is 9.84 Å². The average molecular weight is 308 g/mol. The van der Waals surface area contributed by atoms with Gasteiger partial charge in [0, 0.05) is 19.1 Å². The summed E-state index contributed by atoms with van der Waals surface area (Å²) in [6.45, 7) is 2.87. The molecule has 1 aliphatic heterocycles. The molecule has 1 heterocycles. The zero-order valence-electron chi connectivity index (χ0n) is 11.4. The lowest BCUT2D eigenvalue weighted by molar-refractivity contribution is -0.136. The van der Waals surface area contributed by atoms with E-state index in [1.165, 1.54) is 4.90 Å². The molecule has 0 radical (unpaired) electrons. The van der Waals surface area contributed by atoms with Gasteiger partial charge in [0.25, 0.3) is 0 Å². The Morgan fingerprint density at radius 2 is 1.95 bits per heavy atom. The topological polar surface area (TPSA) is 113 Å². The molecule has 1 fully saturated rings. The number of likely N-dealkylation sites (tertiary alicyclic amines) is 1. The fourth-order valence-corrected chi connectivity index (χ4v) is 3.23. The minimum atomic E-state index is -3.59. The van der Waals surface area contributed by atoms with Crippen LogP contribution in [-0.2, 0) is 19.6 Å². The number of amides is 1. The van der Waals surface area contributed by atoms with Crippen LogP contribution in [0.1, 0.15) is 26.2 Å². The van der Waals surface area contributed by atoms with Crippen molar-refractivity contribution in [2.45, 2.75) is 32.2 Å². The molecular formula is C11H20N2O6S. The molecule has 116 valence electrons. The molecule has 0 aromatic heterocycles. The SMILES string of the molecule is CCOC(=O)N1CCC(NS(=O)(=O)CCC(=O)O)CC1. The third-order valence-electron chi connectivity index (χ3n) is 2.95. The van der Waals surface area contributed by atoms with Crippen molar-refractivity contribution < 1.29 is 27.9 Å². The summed E-state index contributed by atoms with van der Waals surface area (Å²) in [5.74, 6) is -1.58. The number of hydrogen-bond donors (Lipinski definition) is 2. The van der Waals surface area contributed by atoms with Gasteiger partial charge in [-0.1, -0.05) is 0 Å². The molecule has 1 amide bonds. The van der Waals surface area contributed by atoms with Crippen LogP contribution in [0.4, 0.5) is 4.79 Å². The number of nitrogens with one attached hydrogen (secondary N) is 1. The molecule has 0 unspecified atom stereocenters. The molecule has 0 aromatic carbocycles. The largest absolute Gasteiger partial charge is 0.481 e. The fourth-order valence-electron chi connectivity index (χ4n) is 1.93. The van der Waals surface area contributed by atoms with Gasteiger partial charge in [0.15, 0.2) is 0 Å². The van der Waals surface area contributed by atoms with Gasteiger partial charge in [-0.25, -0.2) is 17.9 Å². The van der Waals surface area contributed by atoms with Crippen molar-refractivity contribution >= 4 is 22.1 Å². The first-order valence-corrected chi connectivity index (χ1v) is 8.12. The van der Waals surface area contributed by atoms with E-state index in [0.29, 0.717) is 32.5 Å². The Kier molecular flexibility index (Phi) is 6.21. The Bertz CT molecular complexity index is 442. The number of carboxylic acid groups (broad SMARTS) is 1. The highest BCUT2D eigenvalue weighted by molar-refractivity contribution is 7.89. The molecule has 20 heavy (non-hydrogen) atoms. The fraction of sp³-hybridized carbons (Fsp3) is 0.818. The minimum Gasteiger partial charge on any atom is -0.481 e. The van der Waals surface area contributed by atoms with Crippen LogP contribution in [0.25, 0.3) is 0 Å². The molecular weight excluding hydrogens is 288 g/mol. The Morgan fingerprint density at radius 3 is 2.45 bits per heavy atom. The third-order valence-corrected chi connectivity index (χ3v) is 4.39. The Labute approximate surface area is 118 Å². The van der Waals surface area contributed by atoms with Crippen LogP contribution < -0.4 is 4.72 Å². The first-order chi connectivity index (χ1) is 9.34. The van der Waals surface area contributed by atoms with Crippen LogP contribution in [-0.4, -0.2) is 62.0 Å². The lowest BCUT2D eigenvalue weighted by atomic mass is 10.1. The Balaban J connectivity index is 2.38.